The van der Waals surface area contributed by atoms with Crippen LogP contribution in [0.5, 0.6) is 0 Å². The lowest BCUT2D eigenvalue weighted by Crippen LogP contribution is -2.48. The van der Waals surface area contributed by atoms with Gasteiger partial charge in [-0.3, -0.25) is 0 Å². The topological polar surface area (TPSA) is 21.7 Å². The number of ether oxygens (including phenoxy) is 2. The van der Waals surface area contributed by atoms with Crippen LogP contribution in [0.1, 0.15) is 56.0 Å². The first kappa shape index (κ1) is 18.9. The Hall–Kier alpha value is -2.78. The van der Waals surface area contributed by atoms with Gasteiger partial charge in [0.05, 0.1) is 23.4 Å². The second-order valence-corrected chi connectivity index (χ2v) is 9.65. The Labute approximate surface area is 184 Å². The zero-order valence-electron chi connectivity index (χ0n) is 18.8. The van der Waals surface area contributed by atoms with E-state index in [2.05, 4.69) is 93.3 Å². The number of aryl methyl sites for hydroxylation is 1. The van der Waals surface area contributed by atoms with Gasteiger partial charge in [-0.25, -0.2) is 0 Å². The molecule has 0 spiro atoms. The zero-order valence-corrected chi connectivity index (χ0v) is 18.8. The molecule has 3 nitrogen and oxygen atoms in total. The van der Waals surface area contributed by atoms with E-state index in [1.807, 2.05) is 13.0 Å². The largest absolute Gasteiger partial charge is 0.466 e. The van der Waals surface area contributed by atoms with Crippen molar-refractivity contribution in [1.29, 1.82) is 0 Å². The maximum atomic E-state index is 6.11. The number of benzene rings is 2. The average molecular weight is 412 g/mol. The van der Waals surface area contributed by atoms with Gasteiger partial charge in [0.2, 0.25) is 6.29 Å². The highest BCUT2D eigenvalue weighted by Gasteiger charge is 2.74. The molecule has 1 saturated carbocycles. The molecular formula is C28H29NO2. The van der Waals surface area contributed by atoms with Crippen molar-refractivity contribution < 1.29 is 9.47 Å². The van der Waals surface area contributed by atoms with Crippen molar-refractivity contribution in [3.05, 3.63) is 94.3 Å². The van der Waals surface area contributed by atoms with Crippen molar-refractivity contribution in [2.45, 2.75) is 64.0 Å². The Balaban J connectivity index is 1.57. The van der Waals surface area contributed by atoms with E-state index in [1.165, 1.54) is 33.5 Å². The van der Waals surface area contributed by atoms with Crippen LogP contribution in [0.2, 0.25) is 0 Å². The SMILES string of the molecule is CC1=CC(C)OC(/C=C2/C3(C)c4cccc(C)c4C4C=Cc5ccccc5N4C23C)O1. The first-order valence-corrected chi connectivity index (χ1v) is 11.3. The molecule has 3 aliphatic heterocycles. The van der Waals surface area contributed by atoms with Crippen LogP contribution in [0.4, 0.5) is 5.69 Å². The van der Waals surface area contributed by atoms with Crippen LogP contribution in [0.25, 0.3) is 6.08 Å². The number of hydrogen-bond donors (Lipinski definition) is 0. The molecular weight excluding hydrogens is 382 g/mol. The molecule has 5 atom stereocenters. The predicted molar refractivity (Wildman–Crippen MR) is 125 cm³/mol. The molecule has 1 fully saturated rings. The van der Waals surface area contributed by atoms with Gasteiger partial charge in [-0.2, -0.15) is 0 Å². The van der Waals surface area contributed by atoms with E-state index in [1.54, 1.807) is 0 Å². The number of para-hydroxylation sites is 1. The minimum atomic E-state index is -0.350. The van der Waals surface area contributed by atoms with E-state index in [4.69, 9.17) is 9.47 Å². The number of allylic oxidation sites excluding steroid dienone is 1. The third-order valence-electron chi connectivity index (χ3n) is 7.97. The fraction of sp³-hybridized carbons (Fsp3) is 0.357. The zero-order chi connectivity index (χ0) is 21.5. The fourth-order valence-corrected chi connectivity index (χ4v) is 6.38. The molecule has 5 unspecified atom stereocenters. The van der Waals surface area contributed by atoms with Crippen LogP contribution >= 0.6 is 0 Å². The monoisotopic (exact) mass is 411 g/mol. The molecule has 31 heavy (non-hydrogen) atoms. The van der Waals surface area contributed by atoms with Crippen molar-refractivity contribution in [3.63, 3.8) is 0 Å². The van der Waals surface area contributed by atoms with Gasteiger partial charge in [0.15, 0.2) is 0 Å². The van der Waals surface area contributed by atoms with Gasteiger partial charge >= 0.3 is 0 Å². The molecule has 0 saturated heterocycles. The first-order valence-electron chi connectivity index (χ1n) is 11.3. The van der Waals surface area contributed by atoms with Gasteiger partial charge in [-0.15, -0.1) is 0 Å². The van der Waals surface area contributed by atoms with Crippen molar-refractivity contribution in [2.75, 3.05) is 4.90 Å². The summed E-state index contributed by atoms with van der Waals surface area (Å²) < 4.78 is 12.2. The summed E-state index contributed by atoms with van der Waals surface area (Å²) in [4.78, 5) is 2.64. The van der Waals surface area contributed by atoms with E-state index in [9.17, 15) is 0 Å². The minimum Gasteiger partial charge on any atom is -0.466 e. The number of fused-ring (bicyclic) bond motifs is 8. The Bertz CT molecular complexity index is 1190. The van der Waals surface area contributed by atoms with Gasteiger partial charge in [-0.05, 0) is 80.7 Å². The third kappa shape index (κ3) is 2.33. The number of hydrogen-bond acceptors (Lipinski definition) is 3. The summed E-state index contributed by atoms with van der Waals surface area (Å²) in [5.74, 6) is 0.930. The Morgan fingerprint density at radius 2 is 1.84 bits per heavy atom. The Morgan fingerprint density at radius 3 is 2.65 bits per heavy atom. The van der Waals surface area contributed by atoms with Crippen LogP contribution in [-0.4, -0.2) is 17.9 Å². The van der Waals surface area contributed by atoms with Crippen molar-refractivity contribution in [3.8, 4) is 0 Å². The summed E-state index contributed by atoms with van der Waals surface area (Å²) in [5, 5.41) is 0. The lowest BCUT2D eigenvalue weighted by atomic mass is 9.77. The van der Waals surface area contributed by atoms with Crippen LogP contribution in [0.15, 0.2) is 72.0 Å². The lowest BCUT2D eigenvalue weighted by Gasteiger charge is -2.47. The molecule has 3 heteroatoms. The molecule has 158 valence electrons. The normalized spacial score (nSPS) is 36.0. The summed E-state index contributed by atoms with van der Waals surface area (Å²) in [6, 6.07) is 15.7. The van der Waals surface area contributed by atoms with E-state index in [-0.39, 0.29) is 29.4 Å². The summed E-state index contributed by atoms with van der Waals surface area (Å²) >= 11 is 0. The predicted octanol–water partition coefficient (Wildman–Crippen LogP) is 6.20. The van der Waals surface area contributed by atoms with Crippen LogP contribution < -0.4 is 4.90 Å². The third-order valence-corrected chi connectivity index (χ3v) is 7.97. The molecule has 2 aromatic rings. The van der Waals surface area contributed by atoms with E-state index >= 15 is 0 Å². The Morgan fingerprint density at radius 1 is 1.03 bits per heavy atom. The molecule has 0 amide bonds. The van der Waals surface area contributed by atoms with E-state index < -0.39 is 0 Å². The van der Waals surface area contributed by atoms with E-state index in [0.717, 1.165) is 5.76 Å². The lowest BCUT2D eigenvalue weighted by molar-refractivity contribution is -0.119. The highest BCUT2D eigenvalue weighted by Crippen LogP contribution is 2.72. The van der Waals surface area contributed by atoms with Crippen LogP contribution in [-0.2, 0) is 14.9 Å². The van der Waals surface area contributed by atoms with E-state index in [0.29, 0.717) is 0 Å². The van der Waals surface area contributed by atoms with Crippen molar-refractivity contribution in [2.24, 2.45) is 0 Å². The number of nitrogens with zero attached hydrogens (tertiary/aromatic N) is 1. The smallest absolute Gasteiger partial charge is 0.220 e. The van der Waals surface area contributed by atoms with Crippen LogP contribution in [0.3, 0.4) is 0 Å². The molecule has 3 heterocycles. The molecule has 0 bridgehead atoms. The molecule has 0 N–H and O–H groups in total. The molecule has 4 aliphatic rings. The van der Waals surface area contributed by atoms with Gasteiger partial charge in [0, 0.05) is 11.1 Å². The summed E-state index contributed by atoms with van der Waals surface area (Å²) in [6.45, 7) is 11.1. The highest BCUT2D eigenvalue weighted by atomic mass is 16.7. The summed E-state index contributed by atoms with van der Waals surface area (Å²) in [5.41, 5.74) is 7.96. The minimum absolute atomic E-state index is 0.0536. The maximum absolute atomic E-state index is 6.11. The fourth-order valence-electron chi connectivity index (χ4n) is 6.38. The quantitative estimate of drug-likeness (QED) is 0.521. The summed E-state index contributed by atoms with van der Waals surface area (Å²) in [7, 11) is 0. The van der Waals surface area contributed by atoms with Gasteiger partial charge in [0.1, 0.15) is 0 Å². The van der Waals surface area contributed by atoms with Gasteiger partial charge in [0.25, 0.3) is 0 Å². The first-order chi connectivity index (χ1) is 14.9. The van der Waals surface area contributed by atoms with Gasteiger partial charge in [-0.1, -0.05) is 48.6 Å². The van der Waals surface area contributed by atoms with Crippen molar-refractivity contribution in [1.82, 2.24) is 0 Å². The van der Waals surface area contributed by atoms with Gasteiger partial charge < -0.3 is 14.4 Å². The molecule has 6 rings (SSSR count). The molecule has 0 radical (unpaired) electrons. The highest BCUT2D eigenvalue weighted by molar-refractivity contribution is 5.84. The number of anilines is 1. The Kier molecular flexibility index (Phi) is 3.75. The second-order valence-electron chi connectivity index (χ2n) is 9.65. The molecule has 1 aliphatic carbocycles. The second kappa shape index (κ2) is 6.14. The average Bonchev–Trinajstić information content (AvgIpc) is 3.23. The summed E-state index contributed by atoms with van der Waals surface area (Å²) in [6.07, 6.45) is 8.63. The standard InChI is InChI=1S/C28H29NO2/c1-17-9-8-11-21-26(17)23-14-13-20-10-6-7-12-22(20)29(23)28(5)24(27(21,28)4)16-25-30-18(2)15-19(3)31-25/h6-16,18,23,25H,1-5H3/b24-16-. The van der Waals surface area contributed by atoms with Crippen molar-refractivity contribution >= 4 is 11.8 Å². The number of rotatable bonds is 1. The molecule has 2 aromatic carbocycles. The molecule has 0 aromatic heterocycles. The maximum Gasteiger partial charge on any atom is 0.220 e. The van der Waals surface area contributed by atoms with Crippen LogP contribution in [0, 0.1) is 6.92 Å².